The SMILES string of the molecule is C=CCC1(C(=O)OC(C)C(C)(C)C)CCN(C(=O)O)CC1. The molecule has 1 amide bonds. The van der Waals surface area contributed by atoms with Gasteiger partial charge >= 0.3 is 12.1 Å². The zero-order chi connectivity index (χ0) is 16.3. The standard InChI is InChI=1S/C16H27NO4/c1-6-7-16(8-10-17(11-9-16)14(19)20)13(18)21-12(2)15(3,4)5/h6,12H,1,7-11H2,2-5H3,(H,19,20). The molecule has 1 saturated heterocycles. The Balaban J connectivity index is 2.80. The molecule has 5 heteroatoms. The van der Waals surface area contributed by atoms with Crippen molar-refractivity contribution >= 4 is 12.1 Å². The van der Waals surface area contributed by atoms with Gasteiger partial charge in [0.15, 0.2) is 0 Å². The molecule has 0 saturated carbocycles. The number of rotatable bonds is 4. The lowest BCUT2D eigenvalue weighted by molar-refractivity contribution is -0.168. The van der Waals surface area contributed by atoms with Gasteiger partial charge < -0.3 is 14.7 Å². The predicted molar refractivity (Wildman–Crippen MR) is 81.1 cm³/mol. The van der Waals surface area contributed by atoms with Crippen molar-refractivity contribution in [2.45, 2.75) is 53.1 Å². The van der Waals surface area contributed by atoms with E-state index in [1.54, 1.807) is 6.08 Å². The first kappa shape index (κ1) is 17.5. The highest BCUT2D eigenvalue weighted by atomic mass is 16.5. The van der Waals surface area contributed by atoms with Crippen LogP contribution in [0.15, 0.2) is 12.7 Å². The van der Waals surface area contributed by atoms with Gasteiger partial charge in [-0.15, -0.1) is 6.58 Å². The number of carbonyl (C=O) groups is 2. The van der Waals surface area contributed by atoms with E-state index in [1.807, 2.05) is 27.7 Å². The minimum atomic E-state index is -0.932. The molecular weight excluding hydrogens is 270 g/mol. The van der Waals surface area contributed by atoms with Crippen LogP contribution in [0.4, 0.5) is 4.79 Å². The molecule has 1 N–H and O–H groups in total. The fourth-order valence-corrected chi connectivity index (χ4v) is 2.36. The van der Waals surface area contributed by atoms with Crippen LogP contribution in [-0.2, 0) is 9.53 Å². The summed E-state index contributed by atoms with van der Waals surface area (Å²) in [4.78, 5) is 24.9. The van der Waals surface area contributed by atoms with Crippen molar-refractivity contribution in [1.82, 2.24) is 4.90 Å². The summed E-state index contributed by atoms with van der Waals surface area (Å²) >= 11 is 0. The lowest BCUT2D eigenvalue weighted by Crippen LogP contribution is -2.47. The first-order valence-electron chi connectivity index (χ1n) is 7.42. The Morgan fingerprint density at radius 2 is 1.90 bits per heavy atom. The molecule has 0 radical (unpaired) electrons. The highest BCUT2D eigenvalue weighted by Gasteiger charge is 2.44. The number of allylic oxidation sites excluding steroid dienone is 1. The average Bonchev–Trinajstić information content (AvgIpc) is 2.38. The molecule has 1 heterocycles. The van der Waals surface area contributed by atoms with Crippen LogP contribution in [0, 0.1) is 10.8 Å². The van der Waals surface area contributed by atoms with E-state index in [0.29, 0.717) is 32.4 Å². The van der Waals surface area contributed by atoms with Crippen LogP contribution < -0.4 is 0 Å². The van der Waals surface area contributed by atoms with Gasteiger partial charge in [-0.05, 0) is 31.6 Å². The molecular formula is C16H27NO4. The highest BCUT2D eigenvalue weighted by molar-refractivity contribution is 5.78. The number of nitrogens with zero attached hydrogens (tertiary/aromatic N) is 1. The van der Waals surface area contributed by atoms with Gasteiger partial charge in [0, 0.05) is 13.1 Å². The Morgan fingerprint density at radius 3 is 2.29 bits per heavy atom. The number of amides is 1. The third-order valence-corrected chi connectivity index (χ3v) is 4.46. The summed E-state index contributed by atoms with van der Waals surface area (Å²) in [6.45, 7) is 12.4. The maximum absolute atomic E-state index is 12.6. The Kier molecular flexibility index (Phi) is 5.42. The molecule has 1 aliphatic heterocycles. The van der Waals surface area contributed by atoms with E-state index < -0.39 is 11.5 Å². The molecule has 0 aliphatic carbocycles. The van der Waals surface area contributed by atoms with Gasteiger partial charge in [-0.3, -0.25) is 4.79 Å². The van der Waals surface area contributed by atoms with Gasteiger partial charge in [-0.1, -0.05) is 26.8 Å². The predicted octanol–water partition coefficient (Wildman–Crippen LogP) is 3.30. The van der Waals surface area contributed by atoms with E-state index >= 15 is 0 Å². The first-order chi connectivity index (χ1) is 9.62. The molecule has 1 aliphatic rings. The van der Waals surface area contributed by atoms with E-state index in [2.05, 4.69) is 6.58 Å². The summed E-state index contributed by atoms with van der Waals surface area (Å²) in [5.41, 5.74) is -0.750. The number of carboxylic acid groups (broad SMARTS) is 1. The molecule has 0 aromatic carbocycles. The van der Waals surface area contributed by atoms with Crippen LogP contribution in [0.1, 0.15) is 47.0 Å². The van der Waals surface area contributed by atoms with Crippen molar-refractivity contribution in [1.29, 1.82) is 0 Å². The van der Waals surface area contributed by atoms with Gasteiger partial charge in [0.05, 0.1) is 5.41 Å². The summed E-state index contributed by atoms with van der Waals surface area (Å²) in [5.74, 6) is -0.227. The largest absolute Gasteiger partial charge is 0.465 e. The number of likely N-dealkylation sites (tertiary alicyclic amines) is 1. The van der Waals surface area contributed by atoms with Crippen LogP contribution in [0.2, 0.25) is 0 Å². The monoisotopic (exact) mass is 297 g/mol. The molecule has 1 unspecified atom stereocenters. The summed E-state index contributed by atoms with van der Waals surface area (Å²) in [6.07, 6.45) is 2.10. The maximum Gasteiger partial charge on any atom is 0.407 e. The van der Waals surface area contributed by atoms with Crippen molar-refractivity contribution < 1.29 is 19.4 Å². The highest BCUT2D eigenvalue weighted by Crippen LogP contribution is 2.38. The lowest BCUT2D eigenvalue weighted by Gasteiger charge is -2.40. The van der Waals surface area contributed by atoms with Crippen molar-refractivity contribution in [3.05, 3.63) is 12.7 Å². The minimum absolute atomic E-state index is 0.118. The van der Waals surface area contributed by atoms with E-state index in [9.17, 15) is 9.59 Å². The fraction of sp³-hybridized carbons (Fsp3) is 0.750. The van der Waals surface area contributed by atoms with Crippen molar-refractivity contribution in [3.8, 4) is 0 Å². The number of hydrogen-bond acceptors (Lipinski definition) is 3. The third kappa shape index (κ3) is 4.22. The molecule has 0 aromatic heterocycles. The smallest absolute Gasteiger partial charge is 0.407 e. The van der Waals surface area contributed by atoms with Crippen LogP contribution in [0.5, 0.6) is 0 Å². The summed E-state index contributed by atoms with van der Waals surface area (Å²) in [6, 6.07) is 0. The second-order valence-electron chi connectivity index (χ2n) is 6.96. The van der Waals surface area contributed by atoms with E-state index in [1.165, 1.54) is 4.90 Å². The number of carbonyl (C=O) groups excluding carboxylic acids is 1. The van der Waals surface area contributed by atoms with Gasteiger partial charge in [0.1, 0.15) is 6.10 Å². The van der Waals surface area contributed by atoms with Crippen molar-refractivity contribution in [2.24, 2.45) is 10.8 Å². The Labute approximate surface area is 127 Å². The second-order valence-corrected chi connectivity index (χ2v) is 6.96. The molecule has 5 nitrogen and oxygen atoms in total. The maximum atomic E-state index is 12.6. The quantitative estimate of drug-likeness (QED) is 0.638. The van der Waals surface area contributed by atoms with E-state index in [0.717, 1.165) is 0 Å². The fourth-order valence-electron chi connectivity index (χ4n) is 2.36. The Bertz CT molecular complexity index is 403. The van der Waals surface area contributed by atoms with Gasteiger partial charge in [0.25, 0.3) is 0 Å². The molecule has 1 fully saturated rings. The molecule has 21 heavy (non-hydrogen) atoms. The number of hydrogen-bond donors (Lipinski definition) is 1. The molecule has 1 rings (SSSR count). The van der Waals surface area contributed by atoms with Crippen LogP contribution in [0.3, 0.4) is 0 Å². The molecule has 120 valence electrons. The molecule has 0 aromatic rings. The lowest BCUT2D eigenvalue weighted by atomic mass is 9.75. The molecule has 0 bridgehead atoms. The van der Waals surface area contributed by atoms with Crippen molar-refractivity contribution in [2.75, 3.05) is 13.1 Å². The topological polar surface area (TPSA) is 66.8 Å². The van der Waals surface area contributed by atoms with Crippen LogP contribution in [0.25, 0.3) is 0 Å². The second kappa shape index (κ2) is 6.50. The average molecular weight is 297 g/mol. The number of ether oxygens (including phenoxy) is 1. The zero-order valence-electron chi connectivity index (χ0n) is 13.5. The normalized spacial score (nSPS) is 19.7. The first-order valence-corrected chi connectivity index (χ1v) is 7.42. The number of esters is 1. The Hall–Kier alpha value is -1.52. The van der Waals surface area contributed by atoms with Gasteiger partial charge in [-0.2, -0.15) is 0 Å². The molecule has 1 atom stereocenters. The van der Waals surface area contributed by atoms with Gasteiger partial charge in [-0.25, -0.2) is 4.79 Å². The van der Waals surface area contributed by atoms with E-state index in [-0.39, 0.29) is 17.5 Å². The van der Waals surface area contributed by atoms with E-state index in [4.69, 9.17) is 9.84 Å². The van der Waals surface area contributed by atoms with Crippen molar-refractivity contribution in [3.63, 3.8) is 0 Å². The van der Waals surface area contributed by atoms with Crippen LogP contribution >= 0.6 is 0 Å². The number of piperidine rings is 1. The molecule has 0 spiro atoms. The summed E-state index contributed by atoms with van der Waals surface area (Å²) in [5, 5.41) is 9.02. The summed E-state index contributed by atoms with van der Waals surface area (Å²) in [7, 11) is 0. The zero-order valence-corrected chi connectivity index (χ0v) is 13.5. The minimum Gasteiger partial charge on any atom is -0.465 e. The summed E-state index contributed by atoms with van der Waals surface area (Å²) < 4.78 is 5.65. The van der Waals surface area contributed by atoms with Crippen LogP contribution in [-0.4, -0.2) is 41.3 Å². The Morgan fingerprint density at radius 1 is 1.38 bits per heavy atom. The third-order valence-electron chi connectivity index (χ3n) is 4.46. The van der Waals surface area contributed by atoms with Gasteiger partial charge in [0.2, 0.25) is 0 Å².